The van der Waals surface area contributed by atoms with E-state index in [-0.39, 0.29) is 5.91 Å². The van der Waals surface area contributed by atoms with Crippen LogP contribution in [0.1, 0.15) is 25.7 Å². The largest absolute Gasteiger partial charge is 0.352 e. The van der Waals surface area contributed by atoms with Crippen LogP contribution in [0.3, 0.4) is 0 Å². The Labute approximate surface area is 146 Å². The fraction of sp³-hybridized carbons (Fsp3) is 0.474. The first-order valence-corrected chi connectivity index (χ1v) is 9.73. The summed E-state index contributed by atoms with van der Waals surface area (Å²) in [5.41, 5.74) is 2.06. The van der Waals surface area contributed by atoms with E-state index in [1.807, 2.05) is 24.3 Å². The van der Waals surface area contributed by atoms with Crippen molar-refractivity contribution in [2.24, 2.45) is 11.8 Å². The van der Waals surface area contributed by atoms with Gasteiger partial charge in [0.1, 0.15) is 0 Å². The van der Waals surface area contributed by atoms with Crippen LogP contribution >= 0.6 is 11.8 Å². The Kier molecular flexibility index (Phi) is 4.35. The van der Waals surface area contributed by atoms with Crippen LogP contribution in [-0.2, 0) is 11.3 Å². The number of benzene rings is 1. The zero-order chi connectivity index (χ0) is 16.5. The minimum Gasteiger partial charge on any atom is -0.352 e. The fourth-order valence-corrected chi connectivity index (χ4v) is 4.19. The molecule has 2 fully saturated rings. The van der Waals surface area contributed by atoms with Crippen LogP contribution in [0.2, 0.25) is 0 Å². The number of fused-ring (bicyclic) bond motifs is 1. The number of rotatable bonds is 8. The number of aromatic nitrogens is 2. The van der Waals surface area contributed by atoms with Crippen molar-refractivity contribution in [3.8, 4) is 0 Å². The molecule has 1 amide bonds. The third-order valence-electron chi connectivity index (χ3n) is 4.85. The number of carbonyl (C=O) groups is 1. The van der Waals surface area contributed by atoms with Crippen molar-refractivity contribution in [2.75, 3.05) is 5.75 Å². The molecule has 5 heteroatoms. The van der Waals surface area contributed by atoms with E-state index in [1.165, 1.54) is 37.4 Å². The maximum Gasteiger partial charge on any atom is 0.230 e. The van der Waals surface area contributed by atoms with Gasteiger partial charge in [0.25, 0.3) is 0 Å². The van der Waals surface area contributed by atoms with E-state index in [9.17, 15) is 4.79 Å². The number of thioether (sulfide) groups is 1. The van der Waals surface area contributed by atoms with Crippen molar-refractivity contribution in [1.29, 1.82) is 0 Å². The molecule has 4 nitrogen and oxygen atoms in total. The normalized spacial score (nSPS) is 17.4. The van der Waals surface area contributed by atoms with Crippen LogP contribution in [0, 0.1) is 11.8 Å². The first-order valence-electron chi connectivity index (χ1n) is 8.74. The summed E-state index contributed by atoms with van der Waals surface area (Å²) in [6, 6.07) is 8.50. The van der Waals surface area contributed by atoms with Gasteiger partial charge < -0.3 is 9.88 Å². The average molecular weight is 341 g/mol. The van der Waals surface area contributed by atoms with Gasteiger partial charge in [-0.1, -0.05) is 30.0 Å². The van der Waals surface area contributed by atoms with Crippen molar-refractivity contribution in [3.63, 3.8) is 0 Å². The predicted octanol–water partition coefficient (Wildman–Crippen LogP) is 3.62. The second kappa shape index (κ2) is 6.63. The first kappa shape index (κ1) is 15.8. The van der Waals surface area contributed by atoms with Crippen LogP contribution in [0.4, 0.5) is 0 Å². The Balaban J connectivity index is 1.43. The summed E-state index contributed by atoms with van der Waals surface area (Å²) in [6.45, 7) is 4.54. The van der Waals surface area contributed by atoms with E-state index in [4.69, 9.17) is 0 Å². The Morgan fingerprint density at radius 3 is 2.71 bits per heavy atom. The smallest absolute Gasteiger partial charge is 0.230 e. The van der Waals surface area contributed by atoms with E-state index in [2.05, 4.69) is 27.5 Å². The van der Waals surface area contributed by atoms with Crippen LogP contribution in [-0.4, -0.2) is 27.3 Å². The number of nitrogens with zero attached hydrogens (tertiary/aromatic N) is 2. The molecule has 0 saturated heterocycles. The summed E-state index contributed by atoms with van der Waals surface area (Å²) < 4.78 is 2.12. The van der Waals surface area contributed by atoms with Gasteiger partial charge in [0.05, 0.1) is 16.8 Å². The lowest BCUT2D eigenvalue weighted by molar-refractivity contribution is -0.119. The molecule has 1 N–H and O–H groups in total. The van der Waals surface area contributed by atoms with E-state index >= 15 is 0 Å². The van der Waals surface area contributed by atoms with Gasteiger partial charge in [-0.3, -0.25) is 4.79 Å². The first-order chi connectivity index (χ1) is 11.8. The molecule has 0 radical (unpaired) electrons. The number of amides is 1. The second-order valence-corrected chi connectivity index (χ2v) is 7.78. The van der Waals surface area contributed by atoms with Gasteiger partial charge in [-0.05, 0) is 49.7 Å². The summed E-state index contributed by atoms with van der Waals surface area (Å²) in [5.74, 6) is 2.03. The molecule has 4 rings (SSSR count). The summed E-state index contributed by atoms with van der Waals surface area (Å²) in [7, 11) is 0. The lowest BCUT2D eigenvalue weighted by atomic mass is 10.1. The minimum atomic E-state index is 0.140. The van der Waals surface area contributed by atoms with Gasteiger partial charge in [-0.15, -0.1) is 6.58 Å². The maximum atomic E-state index is 12.4. The maximum absolute atomic E-state index is 12.4. The lowest BCUT2D eigenvalue weighted by Crippen LogP contribution is -2.39. The van der Waals surface area contributed by atoms with Gasteiger partial charge >= 0.3 is 0 Å². The van der Waals surface area contributed by atoms with Crippen LogP contribution in [0.15, 0.2) is 42.1 Å². The standard InChI is InChI=1S/C19H23N3OS/c1-2-11-22-16-6-4-3-5-15(16)20-19(22)24-12-17(23)21-18(13-7-8-13)14-9-10-14/h2-6,13-14,18H,1,7-12H2,(H,21,23). The predicted molar refractivity (Wildman–Crippen MR) is 98.0 cm³/mol. The molecule has 0 atom stereocenters. The van der Waals surface area contributed by atoms with Gasteiger partial charge in [0.2, 0.25) is 5.91 Å². The number of allylic oxidation sites excluding steroid dienone is 1. The Morgan fingerprint density at radius 2 is 2.04 bits per heavy atom. The number of hydrogen-bond donors (Lipinski definition) is 1. The van der Waals surface area contributed by atoms with E-state index in [0.717, 1.165) is 28.0 Å². The van der Waals surface area contributed by atoms with Crippen molar-refractivity contribution >= 4 is 28.7 Å². The summed E-state index contributed by atoms with van der Waals surface area (Å²) >= 11 is 1.52. The highest BCUT2D eigenvalue weighted by Crippen LogP contribution is 2.44. The molecule has 0 spiro atoms. The molecular formula is C19H23N3OS. The van der Waals surface area contributed by atoms with Crippen molar-refractivity contribution in [2.45, 2.75) is 43.4 Å². The molecule has 0 aliphatic heterocycles. The Bertz CT molecular complexity index is 749. The number of carbonyl (C=O) groups excluding carboxylic acids is 1. The van der Waals surface area contributed by atoms with Gasteiger partial charge in [-0.2, -0.15) is 0 Å². The third kappa shape index (κ3) is 3.36. The third-order valence-corrected chi connectivity index (χ3v) is 5.83. The Hall–Kier alpha value is -1.75. The lowest BCUT2D eigenvalue weighted by Gasteiger charge is -2.17. The van der Waals surface area contributed by atoms with Crippen molar-refractivity contribution in [3.05, 3.63) is 36.9 Å². The summed E-state index contributed by atoms with van der Waals surface area (Å²) in [5, 5.41) is 4.17. The number of hydrogen-bond acceptors (Lipinski definition) is 3. The molecule has 2 aliphatic rings. The fourth-order valence-electron chi connectivity index (χ4n) is 3.36. The molecule has 0 bridgehead atoms. The van der Waals surface area contributed by atoms with Crippen LogP contribution in [0.25, 0.3) is 11.0 Å². The van der Waals surface area contributed by atoms with E-state index in [0.29, 0.717) is 18.3 Å². The van der Waals surface area contributed by atoms with E-state index < -0.39 is 0 Å². The van der Waals surface area contributed by atoms with Crippen molar-refractivity contribution < 1.29 is 4.79 Å². The zero-order valence-corrected chi connectivity index (χ0v) is 14.6. The molecule has 2 saturated carbocycles. The quantitative estimate of drug-likeness (QED) is 0.589. The van der Waals surface area contributed by atoms with E-state index in [1.54, 1.807) is 0 Å². The molecule has 0 unspecified atom stereocenters. The highest BCUT2D eigenvalue weighted by Gasteiger charge is 2.42. The molecule has 1 aromatic heterocycles. The summed E-state index contributed by atoms with van der Waals surface area (Å²) in [4.78, 5) is 17.1. The summed E-state index contributed by atoms with van der Waals surface area (Å²) in [6.07, 6.45) is 7.00. The molecule has 2 aromatic rings. The molecular weight excluding hydrogens is 318 g/mol. The monoisotopic (exact) mass is 341 g/mol. The number of nitrogens with one attached hydrogen (secondary N) is 1. The highest BCUT2D eigenvalue weighted by atomic mass is 32.2. The molecule has 2 aliphatic carbocycles. The minimum absolute atomic E-state index is 0.140. The van der Waals surface area contributed by atoms with Gasteiger partial charge in [-0.25, -0.2) is 4.98 Å². The van der Waals surface area contributed by atoms with Gasteiger partial charge in [0.15, 0.2) is 5.16 Å². The average Bonchev–Trinajstić information content (AvgIpc) is 3.49. The van der Waals surface area contributed by atoms with Crippen molar-refractivity contribution in [1.82, 2.24) is 14.9 Å². The molecule has 24 heavy (non-hydrogen) atoms. The molecule has 126 valence electrons. The van der Waals surface area contributed by atoms with Crippen LogP contribution in [0.5, 0.6) is 0 Å². The van der Waals surface area contributed by atoms with Crippen LogP contribution < -0.4 is 5.32 Å². The number of para-hydroxylation sites is 2. The SMILES string of the molecule is C=CCn1c(SCC(=O)NC(C2CC2)C2CC2)nc2ccccc21. The molecule has 1 heterocycles. The van der Waals surface area contributed by atoms with Gasteiger partial charge in [0, 0.05) is 12.6 Å². The number of imidazole rings is 1. The topological polar surface area (TPSA) is 46.9 Å². The Morgan fingerprint density at radius 1 is 1.33 bits per heavy atom. The highest BCUT2D eigenvalue weighted by molar-refractivity contribution is 7.99. The second-order valence-electron chi connectivity index (χ2n) is 6.84. The molecule has 1 aromatic carbocycles. The zero-order valence-electron chi connectivity index (χ0n) is 13.8.